The third-order valence-electron chi connectivity index (χ3n) is 6.60. The molecule has 0 atom stereocenters. The van der Waals surface area contributed by atoms with Gasteiger partial charge < -0.3 is 16.4 Å². The van der Waals surface area contributed by atoms with E-state index in [0.717, 1.165) is 11.6 Å². The second-order valence-electron chi connectivity index (χ2n) is 8.96. The zero-order chi connectivity index (χ0) is 25.9. The van der Waals surface area contributed by atoms with Crippen molar-refractivity contribution in [1.29, 1.82) is 0 Å². The fraction of sp³-hybridized carbons (Fsp3) is 0.360. The first-order valence-electron chi connectivity index (χ1n) is 11.5. The van der Waals surface area contributed by atoms with Gasteiger partial charge in [0.15, 0.2) is 5.82 Å². The first-order valence-corrected chi connectivity index (χ1v) is 11.9. The van der Waals surface area contributed by atoms with Crippen molar-refractivity contribution in [3.05, 3.63) is 64.7 Å². The molecule has 4 N–H and O–H groups in total. The van der Waals surface area contributed by atoms with Crippen molar-refractivity contribution in [2.75, 3.05) is 17.7 Å². The standard InChI is InChI=1S/C25H26ClF3N6O/c1-31-22-33-20(15-5-3-2-4-6-15)34-23(35-22)32-18-9-11-24(12-10-18,21(30)36)14-16-7-8-17(26)13-19(16)25(27,28)29/h2-8,13,18H,9-12,14H2,1H3,(H2,30,36)(H2,31,32,33,34,35)/t18-,24-. The van der Waals surface area contributed by atoms with Crippen LogP contribution in [0.3, 0.4) is 0 Å². The molecule has 2 aromatic carbocycles. The summed E-state index contributed by atoms with van der Waals surface area (Å²) in [7, 11) is 1.71. The Balaban J connectivity index is 1.52. The van der Waals surface area contributed by atoms with Gasteiger partial charge in [0.1, 0.15) is 0 Å². The summed E-state index contributed by atoms with van der Waals surface area (Å²) in [6, 6.07) is 13.0. The van der Waals surface area contributed by atoms with E-state index in [1.165, 1.54) is 12.1 Å². The summed E-state index contributed by atoms with van der Waals surface area (Å²) in [6.07, 6.45) is -3.00. The Kier molecular flexibility index (Phi) is 7.35. The minimum atomic E-state index is -4.59. The molecule has 190 valence electrons. The number of amides is 1. The van der Waals surface area contributed by atoms with Crippen LogP contribution < -0.4 is 16.4 Å². The molecule has 1 aromatic heterocycles. The van der Waals surface area contributed by atoms with E-state index >= 15 is 0 Å². The maximum absolute atomic E-state index is 13.6. The van der Waals surface area contributed by atoms with E-state index in [1.54, 1.807) is 7.05 Å². The Bertz CT molecular complexity index is 1230. The lowest BCUT2D eigenvalue weighted by molar-refractivity contribution is -0.139. The average molecular weight is 519 g/mol. The number of nitrogens with zero attached hydrogens (tertiary/aromatic N) is 3. The molecule has 1 fully saturated rings. The highest BCUT2D eigenvalue weighted by Crippen LogP contribution is 2.43. The molecule has 3 aromatic rings. The second kappa shape index (κ2) is 10.3. The molecule has 1 amide bonds. The van der Waals surface area contributed by atoms with Gasteiger partial charge in [0, 0.05) is 23.7 Å². The molecule has 0 unspecified atom stereocenters. The minimum absolute atomic E-state index is 0.0136. The maximum atomic E-state index is 13.6. The van der Waals surface area contributed by atoms with Crippen molar-refractivity contribution in [2.24, 2.45) is 11.1 Å². The number of carbonyl (C=O) groups excluding carboxylic acids is 1. The van der Waals surface area contributed by atoms with Gasteiger partial charge >= 0.3 is 6.18 Å². The predicted octanol–water partition coefficient (Wildman–Crippen LogP) is 5.32. The van der Waals surface area contributed by atoms with Gasteiger partial charge in [-0.1, -0.05) is 48.0 Å². The molecule has 7 nitrogen and oxygen atoms in total. The van der Waals surface area contributed by atoms with Gasteiger partial charge in [0.25, 0.3) is 0 Å². The highest BCUT2D eigenvalue weighted by Gasteiger charge is 2.43. The molecule has 1 aliphatic carbocycles. The Morgan fingerprint density at radius 2 is 1.75 bits per heavy atom. The van der Waals surface area contributed by atoms with E-state index in [-0.39, 0.29) is 23.0 Å². The molecule has 0 spiro atoms. The Morgan fingerprint density at radius 3 is 2.36 bits per heavy atom. The zero-order valence-electron chi connectivity index (χ0n) is 19.6. The molecule has 0 saturated heterocycles. The minimum Gasteiger partial charge on any atom is -0.369 e. The third kappa shape index (κ3) is 5.70. The number of hydrogen-bond donors (Lipinski definition) is 3. The van der Waals surface area contributed by atoms with Crippen LogP contribution in [0.25, 0.3) is 11.4 Å². The van der Waals surface area contributed by atoms with Crippen molar-refractivity contribution >= 4 is 29.4 Å². The van der Waals surface area contributed by atoms with E-state index in [4.69, 9.17) is 17.3 Å². The number of anilines is 2. The van der Waals surface area contributed by atoms with Crippen LogP contribution in [-0.4, -0.2) is 33.9 Å². The summed E-state index contributed by atoms with van der Waals surface area (Å²) in [5.74, 6) is 0.674. The third-order valence-corrected chi connectivity index (χ3v) is 6.83. The number of nitrogens with one attached hydrogen (secondary N) is 2. The lowest BCUT2D eigenvalue weighted by Gasteiger charge is -2.38. The first-order chi connectivity index (χ1) is 17.1. The lowest BCUT2D eigenvalue weighted by atomic mass is 9.68. The van der Waals surface area contributed by atoms with E-state index in [2.05, 4.69) is 25.6 Å². The SMILES string of the molecule is CNc1nc(N[C@H]2CC[C@](Cc3ccc(Cl)cc3C(F)(F)F)(C(N)=O)CC2)nc(-c2ccccc2)n1. The van der Waals surface area contributed by atoms with Crippen LogP contribution in [0.15, 0.2) is 48.5 Å². The smallest absolute Gasteiger partial charge is 0.369 e. The molecule has 1 aliphatic rings. The van der Waals surface area contributed by atoms with Crippen LogP contribution in [-0.2, 0) is 17.4 Å². The lowest BCUT2D eigenvalue weighted by Crippen LogP contribution is -2.44. The van der Waals surface area contributed by atoms with Gasteiger partial charge in [0.05, 0.1) is 11.0 Å². The molecule has 1 heterocycles. The molecule has 36 heavy (non-hydrogen) atoms. The number of rotatable bonds is 7. The topological polar surface area (TPSA) is 106 Å². The Morgan fingerprint density at radius 1 is 1.08 bits per heavy atom. The molecular formula is C25H26ClF3N6O. The molecule has 11 heteroatoms. The molecular weight excluding hydrogens is 493 g/mol. The Labute approximate surface area is 211 Å². The molecule has 4 rings (SSSR count). The van der Waals surface area contributed by atoms with Crippen molar-refractivity contribution in [3.63, 3.8) is 0 Å². The number of primary amides is 1. The van der Waals surface area contributed by atoms with Gasteiger partial charge in [-0.3, -0.25) is 4.79 Å². The van der Waals surface area contributed by atoms with E-state index in [1.807, 2.05) is 30.3 Å². The van der Waals surface area contributed by atoms with Crippen LogP contribution in [0.1, 0.15) is 36.8 Å². The van der Waals surface area contributed by atoms with Gasteiger partial charge in [-0.05, 0) is 49.8 Å². The number of alkyl halides is 3. The quantitative estimate of drug-likeness (QED) is 0.391. The number of aromatic nitrogens is 3. The van der Waals surface area contributed by atoms with Crippen LogP contribution >= 0.6 is 11.6 Å². The van der Waals surface area contributed by atoms with Gasteiger partial charge in [0.2, 0.25) is 17.8 Å². The summed E-state index contributed by atoms with van der Waals surface area (Å²) >= 11 is 5.81. The van der Waals surface area contributed by atoms with Crippen molar-refractivity contribution in [2.45, 2.75) is 44.3 Å². The summed E-state index contributed by atoms with van der Waals surface area (Å²) in [6.45, 7) is 0. The van der Waals surface area contributed by atoms with Crippen molar-refractivity contribution in [1.82, 2.24) is 15.0 Å². The second-order valence-corrected chi connectivity index (χ2v) is 9.40. The zero-order valence-corrected chi connectivity index (χ0v) is 20.3. The summed E-state index contributed by atoms with van der Waals surface area (Å²) in [5, 5.41) is 6.21. The predicted molar refractivity (Wildman–Crippen MR) is 132 cm³/mol. The molecule has 0 bridgehead atoms. The highest BCUT2D eigenvalue weighted by molar-refractivity contribution is 6.30. The molecule has 0 aliphatic heterocycles. The summed E-state index contributed by atoms with van der Waals surface area (Å²) < 4.78 is 40.9. The van der Waals surface area contributed by atoms with E-state index < -0.39 is 23.1 Å². The van der Waals surface area contributed by atoms with E-state index in [9.17, 15) is 18.0 Å². The molecule has 1 saturated carbocycles. The number of carbonyl (C=O) groups is 1. The number of benzene rings is 2. The highest BCUT2D eigenvalue weighted by atomic mass is 35.5. The van der Waals surface area contributed by atoms with Gasteiger partial charge in [-0.15, -0.1) is 0 Å². The first kappa shape index (κ1) is 25.7. The summed E-state index contributed by atoms with van der Waals surface area (Å²) in [5.41, 5.74) is 4.67. The van der Waals surface area contributed by atoms with Crippen molar-refractivity contribution < 1.29 is 18.0 Å². The number of hydrogen-bond acceptors (Lipinski definition) is 6. The monoisotopic (exact) mass is 518 g/mol. The van der Waals surface area contributed by atoms with Gasteiger partial charge in [-0.2, -0.15) is 28.1 Å². The number of nitrogens with two attached hydrogens (primary N) is 1. The fourth-order valence-electron chi connectivity index (χ4n) is 4.61. The number of halogens is 4. The largest absolute Gasteiger partial charge is 0.416 e. The Hall–Kier alpha value is -3.40. The van der Waals surface area contributed by atoms with Crippen LogP contribution in [0.2, 0.25) is 5.02 Å². The maximum Gasteiger partial charge on any atom is 0.416 e. The van der Waals surface area contributed by atoms with E-state index in [0.29, 0.717) is 43.4 Å². The van der Waals surface area contributed by atoms with Crippen LogP contribution in [0, 0.1) is 5.41 Å². The van der Waals surface area contributed by atoms with Crippen LogP contribution in [0.4, 0.5) is 25.1 Å². The van der Waals surface area contributed by atoms with Crippen LogP contribution in [0.5, 0.6) is 0 Å². The van der Waals surface area contributed by atoms with Crippen molar-refractivity contribution in [3.8, 4) is 11.4 Å². The summed E-state index contributed by atoms with van der Waals surface area (Å²) in [4.78, 5) is 25.8. The molecule has 0 radical (unpaired) electrons. The average Bonchev–Trinajstić information content (AvgIpc) is 2.86. The van der Waals surface area contributed by atoms with Gasteiger partial charge in [-0.25, -0.2) is 0 Å². The fourth-order valence-corrected chi connectivity index (χ4v) is 4.78. The normalized spacial score (nSPS) is 20.1.